The molecule has 123 heavy (non-hydrogen) atoms. The van der Waals surface area contributed by atoms with Crippen LogP contribution in [-0.2, 0) is 96.5 Å². The normalized spacial score (nSPS) is 29.2. The first kappa shape index (κ1) is 88.3. The zero-order chi connectivity index (χ0) is 87.8. The van der Waals surface area contributed by atoms with E-state index in [0.29, 0.717) is 0 Å². The average Bonchev–Trinajstić information content (AvgIpc) is 1.63. The summed E-state index contributed by atoms with van der Waals surface area (Å²) in [4.78, 5) is 199. The fourth-order valence-corrected chi connectivity index (χ4v) is 19.1. The Morgan fingerprint density at radius 1 is 0.439 bits per heavy atom. The molecule has 0 aromatic carbocycles. The summed E-state index contributed by atoms with van der Waals surface area (Å²) in [5.74, 6) is -1.31. The van der Waals surface area contributed by atoms with Gasteiger partial charge < -0.3 is 86.0 Å². The quantitative estimate of drug-likeness (QED) is 0.0178. The van der Waals surface area contributed by atoms with E-state index in [1.807, 2.05) is 0 Å². The highest BCUT2D eigenvalue weighted by molar-refractivity contribution is 7.48. The zero-order valence-electron chi connectivity index (χ0n) is 63.0. The van der Waals surface area contributed by atoms with Gasteiger partial charge in [-0.2, -0.15) is 19.9 Å². The second-order valence-electron chi connectivity index (χ2n) is 28.3. The molecule has 6 aliphatic rings. The van der Waals surface area contributed by atoms with E-state index in [0.717, 1.165) is 60.2 Å². The number of hydrogen-bond acceptors (Lipinski definition) is 42. The third kappa shape index (κ3) is 19.5. The van der Waals surface area contributed by atoms with Crippen LogP contribution in [-0.4, -0.2) is 235 Å². The molecule has 0 amide bonds. The average molecular weight is 1840 g/mol. The fourth-order valence-electron chi connectivity index (χ4n) is 14.3. The first-order valence-corrected chi connectivity index (χ1v) is 43.9. The number of nitrogen functional groups attached to an aromatic ring is 4. The highest BCUT2D eigenvalue weighted by atomic mass is 31.2. The number of rotatable bonds is 33. The number of nitrogens with one attached hydrogen (secondary N) is 5. The smallest absolute Gasteiger partial charge is 0.394 e. The number of phosphoric ester groups is 5. The van der Waals surface area contributed by atoms with Crippen LogP contribution >= 0.6 is 39.1 Å². The van der Waals surface area contributed by atoms with E-state index in [-0.39, 0.29) is 68.8 Å². The number of aliphatic hydroxyl groups is 2. The number of nitrogens with zero attached hydrogens (tertiary/aromatic N) is 13. The lowest BCUT2D eigenvalue weighted by molar-refractivity contribution is -0.0648. The Bertz CT molecular complexity index is 6330. The lowest BCUT2D eigenvalue weighted by Crippen LogP contribution is -2.33. The van der Waals surface area contributed by atoms with Crippen molar-refractivity contribution in [3.63, 3.8) is 0 Å². The van der Waals surface area contributed by atoms with Crippen LogP contribution < -0.4 is 67.8 Å². The van der Waals surface area contributed by atoms with Crippen LogP contribution in [0.4, 0.5) is 23.7 Å². The van der Waals surface area contributed by atoms with Crippen molar-refractivity contribution in [1.82, 2.24) is 87.2 Å². The fraction of sp³-hybridized carbons (Fsp3) is 0.517. The van der Waals surface area contributed by atoms with E-state index in [2.05, 4.69) is 66.4 Å². The summed E-state index contributed by atoms with van der Waals surface area (Å²) in [6.07, 6.45) is -23.0. The van der Waals surface area contributed by atoms with Crippen molar-refractivity contribution < 1.29 is 131 Å². The first-order chi connectivity index (χ1) is 58.1. The third-order valence-corrected chi connectivity index (χ3v) is 25.1. The molecule has 15 heterocycles. The van der Waals surface area contributed by atoms with Gasteiger partial charge in [-0.15, -0.1) is 0 Å². The van der Waals surface area contributed by atoms with Crippen LogP contribution in [0.5, 0.6) is 0 Å². The molecule has 20 N–H and O–H groups in total. The number of anilines is 4. The number of aliphatic hydroxyl groups excluding tert-OH is 2. The number of hydrogen-bond donors (Lipinski definition) is 16. The number of H-pyrrole nitrogens is 5. The highest BCUT2D eigenvalue weighted by Gasteiger charge is 2.52. The summed E-state index contributed by atoms with van der Waals surface area (Å²) in [7, 11) is -27.7. The summed E-state index contributed by atoms with van der Waals surface area (Å²) < 4.78 is 168. The molecule has 0 bridgehead atoms. The van der Waals surface area contributed by atoms with Gasteiger partial charge in [0, 0.05) is 62.7 Å². The van der Waals surface area contributed by atoms with Crippen molar-refractivity contribution >= 4 is 102 Å². The first-order valence-electron chi connectivity index (χ1n) is 36.5. The Labute approximate surface area is 681 Å². The number of aromatic amines is 5. The Hall–Kier alpha value is -9.54. The van der Waals surface area contributed by atoms with Gasteiger partial charge in [-0.3, -0.25) is 122 Å². The molecule has 23 atom stereocenters. The van der Waals surface area contributed by atoms with Gasteiger partial charge in [0.1, 0.15) is 110 Å². The number of ether oxygens (including phenoxy) is 6. The van der Waals surface area contributed by atoms with Gasteiger partial charge in [0.25, 0.3) is 27.8 Å². The Kier molecular flexibility index (Phi) is 25.0. The maximum absolute atomic E-state index is 14.5. The highest BCUT2D eigenvalue weighted by Crippen LogP contribution is 2.56. The zero-order valence-corrected chi connectivity index (χ0v) is 67.5. The van der Waals surface area contributed by atoms with Gasteiger partial charge in [-0.1, -0.05) is 12.7 Å². The van der Waals surface area contributed by atoms with Gasteiger partial charge in [-0.05, 0) is 13.0 Å². The molecule has 6 fully saturated rings. The summed E-state index contributed by atoms with van der Waals surface area (Å²) in [6.45, 7) is -1.28. The van der Waals surface area contributed by atoms with Crippen LogP contribution in [0, 0.1) is 6.92 Å². The van der Waals surface area contributed by atoms with E-state index in [4.69, 9.17) is 96.6 Å². The number of nitrogens with two attached hydrogens (primary N) is 4. The van der Waals surface area contributed by atoms with Crippen molar-refractivity contribution in [1.29, 1.82) is 0 Å². The molecule has 15 rings (SSSR count). The predicted molar refractivity (Wildman–Crippen MR) is 406 cm³/mol. The molecule has 9 aromatic heterocycles. The largest absolute Gasteiger partial charge is 0.472 e. The lowest BCUT2D eigenvalue weighted by Gasteiger charge is -2.26. The maximum atomic E-state index is 14.5. The number of aromatic nitrogens is 18. The Morgan fingerprint density at radius 2 is 0.756 bits per heavy atom. The second kappa shape index (κ2) is 34.8. The molecule has 9 aromatic rings. The number of phosphoric acid groups is 5. The molecule has 5 unspecified atom stereocenters. The number of imidazole rings is 3. The minimum absolute atomic E-state index is 0.0130. The van der Waals surface area contributed by atoms with Crippen molar-refractivity contribution in [2.75, 3.05) is 62.6 Å². The molecular weight excluding hydrogens is 1760 g/mol. The SMILES string of the molecule is C=Cc1cn([C@H]2C[C@H](OP(=O)(O)OC[C@H]3O[C@@H](n4cnc5c(=O)[nH]c(N)nc54)C[C@@H]3OP(=O)(O)OC[C@H]3O[C@@H](n4ccc(N)nc4=O)C[C@@H]3OP(=O)(O)OC[C@H]3O[C@@H](n4cnc5c(=O)[nH]c(N)nc54)C[C@@H]3OP(=O)(O)OC[C@H]3O[C@@H](n4cc(C)c(=O)[nH]c4=O)C[C@@H]3OP(=O)(O)OC[C@H]3O[C@@H](n4cnc5c(=O)[nH]c(N)nc54)C[C@@H]3O)[C@@H](CO)O2)c(=O)[nH]c1=O. The van der Waals surface area contributed by atoms with Gasteiger partial charge in [0.2, 0.25) is 17.8 Å². The van der Waals surface area contributed by atoms with Crippen LogP contribution in [0.25, 0.3) is 39.6 Å². The summed E-state index contributed by atoms with van der Waals surface area (Å²) in [5, 5.41) is 21.2. The van der Waals surface area contributed by atoms with Crippen LogP contribution in [0.1, 0.15) is 87.0 Å². The molecule has 0 radical (unpaired) electrons. The molecule has 0 spiro atoms. The van der Waals surface area contributed by atoms with Crippen LogP contribution in [0.3, 0.4) is 0 Å². The van der Waals surface area contributed by atoms with Gasteiger partial charge in [0.05, 0.1) is 70.3 Å². The number of fused-ring (bicyclic) bond motifs is 3. The lowest BCUT2D eigenvalue weighted by atomic mass is 10.2. The summed E-state index contributed by atoms with van der Waals surface area (Å²) in [6, 6.07) is 1.17. The van der Waals surface area contributed by atoms with E-state index < -0.39 is 272 Å². The minimum atomic E-state index is -5.68. The molecule has 63 heteroatoms. The molecular formula is C60H75N22O36P5. The molecule has 6 aliphatic heterocycles. The van der Waals surface area contributed by atoms with Crippen LogP contribution in [0.2, 0.25) is 0 Å². The second-order valence-corrected chi connectivity index (χ2v) is 35.3. The monoisotopic (exact) mass is 1830 g/mol. The Morgan fingerprint density at radius 3 is 1.12 bits per heavy atom. The van der Waals surface area contributed by atoms with Crippen molar-refractivity contribution in [2.45, 2.75) is 156 Å². The number of aryl methyl sites for hydroxylation is 1. The summed E-state index contributed by atoms with van der Waals surface area (Å²) in [5.41, 5.74) is 15.1. The molecule has 58 nitrogen and oxygen atoms in total. The van der Waals surface area contributed by atoms with Crippen molar-refractivity contribution in [3.05, 3.63) is 145 Å². The third-order valence-electron chi connectivity index (χ3n) is 20.1. The molecule has 666 valence electrons. The van der Waals surface area contributed by atoms with Gasteiger partial charge in [0.15, 0.2) is 33.5 Å². The summed E-state index contributed by atoms with van der Waals surface area (Å²) >= 11 is 0. The molecule has 0 saturated carbocycles. The minimum Gasteiger partial charge on any atom is -0.394 e. The molecule has 6 saturated heterocycles. The topological polar surface area (TPSA) is 814 Å². The van der Waals surface area contributed by atoms with E-state index in [1.54, 1.807) is 0 Å². The van der Waals surface area contributed by atoms with Crippen molar-refractivity contribution in [3.8, 4) is 0 Å². The van der Waals surface area contributed by atoms with Gasteiger partial charge in [-0.25, -0.2) is 52.2 Å². The van der Waals surface area contributed by atoms with Gasteiger partial charge >= 0.3 is 56.2 Å². The molecule has 0 aliphatic carbocycles. The Balaban J connectivity index is 0.636. The standard InChI is InChI=1S/C60H75N22O36P5/c1-3-24-13-79(60(92)76-51(24)86)41-7-26(31(14-83)108-41)114-120(95,96)104-18-35-29(10-42(112-35)81-21-66-45-48(81)70-56(63)73-53(45)88)117-122(99,100)105-16-33-27(8-39(110-33)77-5-4-37(61)68-58(77)90)115-121(97,98)107-19-36-30(11-43(113-36)82-22-67-46-49(82)71-57(64)74-54(46)89)118-123(101,102)106-17-34-28(9-40(111-34)78-12-23(2)50(85)75-59(78)91)116-119(93,94)103-15-32-25(84)6-38(109-32)80-20-65-44-47(80)69-55(62)72-52(44)87/h3-5,12-13,20-22,25-36,38-43,83-84H,1,6-11,14-19H2,2H3,(H,93,94)(H,95,96)(H,97,98)(H,99,100)(H,101,102)(H2,61,68,90)(H,75,85,91)(H,76,86,92)(H3,62,69,72,87)(H3,63,70,73,88)(H3,64,71,74,89)/t25-,26-,27-,28-,29-,30-,31+,32+,33+,34+,35+,36+,38+,39+,40+,41+,42+,43+/m0/s1. The van der Waals surface area contributed by atoms with Crippen LogP contribution in [0.15, 0.2) is 88.6 Å². The van der Waals surface area contributed by atoms with E-state index >= 15 is 0 Å². The predicted octanol–water partition coefficient (Wildman–Crippen LogP) is -3.39. The van der Waals surface area contributed by atoms with Crippen molar-refractivity contribution in [2.24, 2.45) is 0 Å². The van der Waals surface area contributed by atoms with E-state index in [9.17, 15) is 95.9 Å². The van der Waals surface area contributed by atoms with E-state index in [1.165, 1.54) is 23.9 Å². The maximum Gasteiger partial charge on any atom is 0.472 e.